The normalized spacial score (nSPS) is 20.6. The number of likely N-dealkylation sites (tertiary alicyclic amines) is 3. The molecule has 0 saturated carbocycles. The molecular formula is C33H54N4O10. The molecule has 14 heteroatoms. The number of hydrogen-bond acceptors (Lipinski definition) is 10. The number of rotatable bonds is 7. The fraction of sp³-hybridized carbons (Fsp3) is 0.667. The van der Waals surface area contributed by atoms with Gasteiger partial charge in [-0.25, -0.2) is 19.3 Å². The van der Waals surface area contributed by atoms with E-state index in [0.717, 1.165) is 75.7 Å². The molecule has 5 amide bonds. The monoisotopic (exact) mass is 666 g/mol. The Bertz CT molecular complexity index is 1000. The lowest BCUT2D eigenvalue weighted by Gasteiger charge is -2.33. The van der Waals surface area contributed by atoms with Crippen LogP contribution in [0.1, 0.15) is 77.0 Å². The number of imide groups is 1. The van der Waals surface area contributed by atoms with Gasteiger partial charge in [0.25, 0.3) is 0 Å². The topological polar surface area (TPSA) is 164 Å². The number of aliphatic hydroxyl groups excluding tert-OH is 1. The zero-order chi connectivity index (χ0) is 34.9. The third-order valence-electron chi connectivity index (χ3n) is 7.33. The fourth-order valence-corrected chi connectivity index (χ4v) is 4.84. The predicted molar refractivity (Wildman–Crippen MR) is 175 cm³/mol. The average Bonchev–Trinajstić information content (AvgIpc) is 3.10. The van der Waals surface area contributed by atoms with Gasteiger partial charge in [0.2, 0.25) is 11.8 Å². The van der Waals surface area contributed by atoms with Crippen molar-refractivity contribution in [3.8, 4) is 0 Å². The van der Waals surface area contributed by atoms with E-state index < -0.39 is 18.4 Å². The quantitative estimate of drug-likeness (QED) is 0.292. The number of carbonyl (C=O) groups is 5. The molecule has 4 heterocycles. The van der Waals surface area contributed by atoms with Crippen LogP contribution < -0.4 is 5.32 Å². The summed E-state index contributed by atoms with van der Waals surface area (Å²) in [4.78, 5) is 59.7. The van der Waals surface area contributed by atoms with E-state index >= 15 is 0 Å². The summed E-state index contributed by atoms with van der Waals surface area (Å²) in [5.74, 6) is 0.0755. The first kappa shape index (κ1) is 41.1. The summed E-state index contributed by atoms with van der Waals surface area (Å²) in [7, 11) is 1.61. The van der Waals surface area contributed by atoms with E-state index in [9.17, 15) is 29.1 Å². The van der Waals surface area contributed by atoms with Gasteiger partial charge in [-0.1, -0.05) is 38.0 Å². The third-order valence-corrected chi connectivity index (χ3v) is 7.33. The van der Waals surface area contributed by atoms with Crippen molar-refractivity contribution in [1.82, 2.24) is 20.0 Å². The Morgan fingerprint density at radius 2 is 1.28 bits per heavy atom. The van der Waals surface area contributed by atoms with Crippen LogP contribution in [0.2, 0.25) is 0 Å². The van der Waals surface area contributed by atoms with E-state index in [2.05, 4.69) is 25.1 Å². The predicted octanol–water partition coefficient (Wildman–Crippen LogP) is 4.49. The largest absolute Gasteiger partial charge is 0.445 e. The second kappa shape index (κ2) is 25.2. The minimum absolute atomic E-state index is 0.124. The van der Waals surface area contributed by atoms with E-state index in [4.69, 9.17) is 18.9 Å². The van der Waals surface area contributed by atoms with Gasteiger partial charge in [0.1, 0.15) is 32.3 Å². The van der Waals surface area contributed by atoms with Gasteiger partial charge in [0.05, 0.1) is 0 Å². The van der Waals surface area contributed by atoms with Crippen LogP contribution >= 0.6 is 0 Å². The lowest BCUT2D eigenvalue weighted by molar-refractivity contribution is -0.131. The van der Waals surface area contributed by atoms with E-state index in [-0.39, 0.29) is 44.0 Å². The minimum atomic E-state index is -0.675. The van der Waals surface area contributed by atoms with Gasteiger partial charge in [0.15, 0.2) is 0 Å². The minimum Gasteiger partial charge on any atom is -0.445 e. The lowest BCUT2D eigenvalue weighted by Crippen LogP contribution is -2.44. The Hall–Kier alpha value is -3.91. The van der Waals surface area contributed by atoms with Gasteiger partial charge in [-0.15, -0.1) is 0 Å². The molecule has 0 spiro atoms. The van der Waals surface area contributed by atoms with Crippen LogP contribution in [0.25, 0.3) is 0 Å². The van der Waals surface area contributed by atoms with Crippen LogP contribution in [-0.4, -0.2) is 115 Å². The molecule has 0 aromatic rings. The van der Waals surface area contributed by atoms with Crippen LogP contribution in [0.15, 0.2) is 38.0 Å². The Labute approximate surface area is 278 Å². The van der Waals surface area contributed by atoms with Crippen molar-refractivity contribution in [3.05, 3.63) is 38.0 Å². The number of aliphatic hydroxyl groups is 1. The Morgan fingerprint density at radius 1 is 0.745 bits per heavy atom. The highest BCUT2D eigenvalue weighted by atomic mass is 16.6. The first-order valence-electron chi connectivity index (χ1n) is 16.3. The van der Waals surface area contributed by atoms with E-state index in [1.807, 2.05) is 0 Å². The number of hydrogen-bond donors (Lipinski definition) is 2. The molecular weight excluding hydrogens is 612 g/mol. The van der Waals surface area contributed by atoms with Crippen molar-refractivity contribution in [2.45, 2.75) is 89.5 Å². The van der Waals surface area contributed by atoms with Crippen LogP contribution in [0, 0.1) is 0 Å². The summed E-state index contributed by atoms with van der Waals surface area (Å²) >= 11 is 0. The molecule has 2 atom stereocenters. The highest BCUT2D eigenvalue weighted by Gasteiger charge is 2.28. The van der Waals surface area contributed by atoms with Gasteiger partial charge in [0, 0.05) is 46.1 Å². The molecule has 0 radical (unpaired) electrons. The van der Waals surface area contributed by atoms with Gasteiger partial charge < -0.3 is 29.4 Å². The first-order valence-corrected chi connectivity index (χ1v) is 16.3. The van der Waals surface area contributed by atoms with E-state index in [1.54, 1.807) is 18.1 Å². The number of methoxy groups -OCH3 is 1. The summed E-state index contributed by atoms with van der Waals surface area (Å²) in [6.45, 7) is 13.6. The fourth-order valence-electron chi connectivity index (χ4n) is 4.84. The summed E-state index contributed by atoms with van der Waals surface area (Å²) in [5, 5.41) is 12.2. The van der Waals surface area contributed by atoms with Crippen molar-refractivity contribution < 1.29 is 48.0 Å². The Balaban J connectivity index is 0.000000321. The molecule has 4 aliphatic rings. The zero-order valence-corrected chi connectivity index (χ0v) is 27.9. The second-order valence-corrected chi connectivity index (χ2v) is 11.0. The molecule has 0 aliphatic carbocycles. The molecule has 14 nitrogen and oxygen atoms in total. The Kier molecular flexibility index (Phi) is 22.1. The van der Waals surface area contributed by atoms with Gasteiger partial charge in [-0.3, -0.25) is 19.4 Å². The number of carbonyl (C=O) groups excluding carboxylic acids is 5. The number of piperidine rings is 4. The smallest absolute Gasteiger partial charge is 0.416 e. The van der Waals surface area contributed by atoms with E-state index in [1.165, 1.54) is 17.1 Å². The maximum absolute atomic E-state index is 11.5. The molecule has 2 unspecified atom stereocenters. The Morgan fingerprint density at radius 3 is 1.77 bits per heavy atom. The van der Waals surface area contributed by atoms with Crippen molar-refractivity contribution in [1.29, 1.82) is 0 Å². The second-order valence-electron chi connectivity index (χ2n) is 11.0. The van der Waals surface area contributed by atoms with Crippen molar-refractivity contribution in [2.24, 2.45) is 0 Å². The molecule has 0 bridgehead atoms. The number of nitrogens with one attached hydrogen (secondary N) is 1. The number of amides is 5. The maximum atomic E-state index is 11.5. The van der Waals surface area contributed by atoms with Crippen LogP contribution in [0.5, 0.6) is 0 Å². The number of ether oxygens (including phenoxy) is 4. The molecule has 4 saturated heterocycles. The van der Waals surface area contributed by atoms with Crippen LogP contribution in [0.4, 0.5) is 14.4 Å². The molecule has 2 N–H and O–H groups in total. The maximum Gasteiger partial charge on any atom is 0.416 e. The molecule has 4 aliphatic heterocycles. The first-order chi connectivity index (χ1) is 22.7. The van der Waals surface area contributed by atoms with Crippen LogP contribution in [0.3, 0.4) is 0 Å². The molecule has 4 fully saturated rings. The van der Waals surface area contributed by atoms with Crippen LogP contribution in [-0.2, 0) is 28.5 Å². The van der Waals surface area contributed by atoms with Gasteiger partial charge in [-0.05, 0) is 64.2 Å². The van der Waals surface area contributed by atoms with Gasteiger partial charge >= 0.3 is 18.3 Å². The lowest BCUT2D eigenvalue weighted by atomic mass is 10.1. The van der Waals surface area contributed by atoms with Crippen molar-refractivity contribution in [2.75, 3.05) is 53.1 Å². The molecule has 47 heavy (non-hydrogen) atoms. The number of nitrogens with zero attached hydrogens (tertiary/aromatic N) is 3. The highest BCUT2D eigenvalue weighted by molar-refractivity contribution is 5.92. The van der Waals surface area contributed by atoms with Gasteiger partial charge in [-0.2, -0.15) is 0 Å². The molecule has 266 valence electrons. The SMILES string of the molecule is C=CCOC(=O)N1CCCCC1=O.C=CCOC(=O)N1CCCCC1O.C=CCOC(=O)N1CCCCC1OC.O=C1CCCCN1. The van der Waals surface area contributed by atoms with E-state index in [0.29, 0.717) is 32.5 Å². The third kappa shape index (κ3) is 17.0. The highest BCUT2D eigenvalue weighted by Crippen LogP contribution is 2.18. The molecule has 0 aromatic heterocycles. The summed E-state index contributed by atoms with van der Waals surface area (Å²) in [5.41, 5.74) is 0. The summed E-state index contributed by atoms with van der Waals surface area (Å²) < 4.78 is 19.7. The zero-order valence-electron chi connectivity index (χ0n) is 27.9. The average molecular weight is 667 g/mol. The summed E-state index contributed by atoms with van der Waals surface area (Å²) in [6, 6.07) is 0. The van der Waals surface area contributed by atoms with Crippen molar-refractivity contribution >= 4 is 30.1 Å². The molecule has 0 aromatic carbocycles. The molecule has 4 rings (SSSR count). The van der Waals surface area contributed by atoms with Crippen molar-refractivity contribution in [3.63, 3.8) is 0 Å². The summed E-state index contributed by atoms with van der Waals surface area (Å²) in [6.07, 6.45) is 13.1. The standard InChI is InChI=1S/C10H17NO3.C9H15NO3.C9H13NO3.C5H9NO/c1-3-8-14-10(12)11-7-5-4-6-9(11)13-2;2*1-2-7-13-9(12)10-6-4-3-5-8(10)11;7-5-3-1-2-4-6-5/h3,9H,1,4-8H2,2H3;2,8,11H,1,3-7H2;2H,1,3-7H2;1-4H2,(H,6,7).